The second kappa shape index (κ2) is 8.56. The van der Waals surface area contributed by atoms with Crippen LogP contribution in [0.5, 0.6) is 0 Å². The molecule has 0 bridgehead atoms. The molecule has 6 nitrogen and oxygen atoms in total. The molecule has 0 unspecified atom stereocenters. The van der Waals surface area contributed by atoms with E-state index in [1.165, 1.54) is 0 Å². The van der Waals surface area contributed by atoms with Gasteiger partial charge in [0.25, 0.3) is 0 Å². The lowest BCUT2D eigenvalue weighted by molar-refractivity contribution is -0.697. The van der Waals surface area contributed by atoms with Crippen LogP contribution < -0.4 is 9.58 Å². The maximum absolute atomic E-state index is 10.6. The van der Waals surface area contributed by atoms with Gasteiger partial charge in [-0.05, 0) is 24.6 Å². The van der Waals surface area contributed by atoms with Gasteiger partial charge in [-0.25, -0.2) is 13.0 Å². The molecule has 1 aromatic carbocycles. The number of hydrogen-bond donors (Lipinski definition) is 0. The molecule has 0 aliphatic heterocycles. The van der Waals surface area contributed by atoms with E-state index in [2.05, 4.69) is 5.10 Å². The lowest BCUT2D eigenvalue weighted by Gasteiger charge is -2.11. The normalized spacial score (nSPS) is 11.8. The Balaban J connectivity index is 1.91. The fraction of sp³-hybridized carbons (Fsp3) is 0.294. The Labute approximate surface area is 142 Å². The highest BCUT2D eigenvalue weighted by Crippen LogP contribution is 2.10. The van der Waals surface area contributed by atoms with Gasteiger partial charge in [0.1, 0.15) is 6.54 Å². The zero-order chi connectivity index (χ0) is 17.4. The minimum atomic E-state index is -4.12. The maximum Gasteiger partial charge on any atom is 0.177 e. The largest absolute Gasteiger partial charge is 0.748 e. The molecule has 0 aliphatic rings. The van der Waals surface area contributed by atoms with Crippen molar-refractivity contribution in [3.63, 3.8) is 0 Å². The minimum absolute atomic E-state index is 0.309. The summed E-state index contributed by atoms with van der Waals surface area (Å²) in [6, 6.07) is 13.7. The summed E-state index contributed by atoms with van der Waals surface area (Å²) < 4.78 is 33.7. The number of para-hydroxylation sites is 1. The monoisotopic (exact) mass is 347 g/mol. The second-order valence-electron chi connectivity index (χ2n) is 5.45. The smallest absolute Gasteiger partial charge is 0.177 e. The maximum atomic E-state index is 10.6. The molecular weight excluding hydrogens is 326 g/mol. The average molecular weight is 347 g/mol. The van der Waals surface area contributed by atoms with Crippen molar-refractivity contribution in [3.05, 3.63) is 60.4 Å². The Kier molecular flexibility index (Phi) is 6.45. The summed E-state index contributed by atoms with van der Waals surface area (Å²) in [5, 5.41) is 6.20. The first-order valence-corrected chi connectivity index (χ1v) is 9.27. The van der Waals surface area contributed by atoms with Crippen LogP contribution in [0, 0.1) is 0 Å². The van der Waals surface area contributed by atoms with E-state index in [0.29, 0.717) is 19.4 Å². The third-order valence-electron chi connectivity index (χ3n) is 3.45. The molecule has 0 saturated carbocycles. The number of aryl methyl sites for hydroxylation is 1. The van der Waals surface area contributed by atoms with Crippen LogP contribution >= 0.6 is 0 Å². The van der Waals surface area contributed by atoms with Crippen molar-refractivity contribution >= 4 is 22.0 Å². The topological polar surface area (TPSA) is 76.7 Å². The van der Waals surface area contributed by atoms with Crippen LogP contribution in [-0.2, 0) is 16.7 Å². The summed E-state index contributed by atoms with van der Waals surface area (Å²) >= 11 is 0. The number of benzene rings is 1. The zero-order valence-corrected chi connectivity index (χ0v) is 14.4. The molecule has 0 atom stereocenters. The summed E-state index contributed by atoms with van der Waals surface area (Å²) in [6.45, 7) is 0.658. The number of nitrogens with zero attached hydrogens (tertiary/aromatic N) is 3. The van der Waals surface area contributed by atoms with Crippen LogP contribution in [0.2, 0.25) is 0 Å². The van der Waals surface area contributed by atoms with E-state index in [-0.39, 0.29) is 5.75 Å². The second-order valence-corrected chi connectivity index (χ2v) is 6.97. The first-order chi connectivity index (χ1) is 11.4. The van der Waals surface area contributed by atoms with Crippen LogP contribution in [0.1, 0.15) is 18.4 Å². The van der Waals surface area contributed by atoms with Gasteiger partial charge in [0.2, 0.25) is 0 Å². The Hall–Kier alpha value is -2.25. The van der Waals surface area contributed by atoms with E-state index in [0.717, 1.165) is 11.3 Å². The standard InChI is InChI=1S/C17H21N3O3S/c1-19(17-9-3-2-4-10-17)18-14-16-8-7-12-20(15-16)11-5-6-13-24(21,22)23/h2-4,7-10,12,14-15H,5-6,11,13H2,1H3/b18-14+. The van der Waals surface area contributed by atoms with Crippen molar-refractivity contribution in [2.45, 2.75) is 19.4 Å². The van der Waals surface area contributed by atoms with Gasteiger partial charge in [-0.1, -0.05) is 18.2 Å². The predicted molar refractivity (Wildman–Crippen MR) is 92.9 cm³/mol. The van der Waals surface area contributed by atoms with E-state index in [1.807, 2.05) is 66.5 Å². The quantitative estimate of drug-likeness (QED) is 0.240. The summed E-state index contributed by atoms with van der Waals surface area (Å²) in [7, 11) is -2.24. The highest BCUT2D eigenvalue weighted by Gasteiger charge is 2.03. The van der Waals surface area contributed by atoms with Gasteiger partial charge in [-0.15, -0.1) is 0 Å². The Bertz CT molecular complexity index is 777. The van der Waals surface area contributed by atoms with Gasteiger partial charge in [0, 0.05) is 25.3 Å². The zero-order valence-electron chi connectivity index (χ0n) is 13.6. The van der Waals surface area contributed by atoms with Crippen molar-refractivity contribution in [3.8, 4) is 0 Å². The molecule has 2 aromatic rings. The van der Waals surface area contributed by atoms with Crippen molar-refractivity contribution < 1.29 is 17.5 Å². The van der Waals surface area contributed by atoms with Crippen LogP contribution in [0.3, 0.4) is 0 Å². The van der Waals surface area contributed by atoms with Gasteiger partial charge in [0.05, 0.1) is 27.6 Å². The first kappa shape index (κ1) is 18.1. The van der Waals surface area contributed by atoms with Crippen molar-refractivity contribution in [2.24, 2.45) is 5.10 Å². The fourth-order valence-corrected chi connectivity index (χ4v) is 2.75. The molecule has 0 radical (unpaired) electrons. The third kappa shape index (κ3) is 6.47. The lowest BCUT2D eigenvalue weighted by atomic mass is 10.3. The third-order valence-corrected chi connectivity index (χ3v) is 4.24. The van der Waals surface area contributed by atoms with E-state index < -0.39 is 10.1 Å². The first-order valence-electron chi connectivity index (χ1n) is 7.69. The highest BCUT2D eigenvalue weighted by molar-refractivity contribution is 7.85. The Morgan fingerprint density at radius 2 is 1.92 bits per heavy atom. The molecule has 0 saturated heterocycles. The van der Waals surface area contributed by atoms with E-state index in [9.17, 15) is 13.0 Å². The number of hydrogen-bond acceptors (Lipinski definition) is 5. The van der Waals surface area contributed by atoms with Crippen molar-refractivity contribution in [1.29, 1.82) is 0 Å². The van der Waals surface area contributed by atoms with Crippen LogP contribution in [0.25, 0.3) is 0 Å². The summed E-state index contributed by atoms with van der Waals surface area (Å²) in [6.07, 6.45) is 6.62. The predicted octanol–water partition coefficient (Wildman–Crippen LogP) is 1.77. The molecule has 128 valence electrons. The molecule has 24 heavy (non-hydrogen) atoms. The Morgan fingerprint density at radius 1 is 1.17 bits per heavy atom. The van der Waals surface area contributed by atoms with Crippen LogP contribution in [0.4, 0.5) is 5.69 Å². The summed E-state index contributed by atoms with van der Waals surface area (Å²) in [5.41, 5.74) is 1.94. The lowest BCUT2D eigenvalue weighted by Crippen LogP contribution is -2.33. The van der Waals surface area contributed by atoms with Crippen molar-refractivity contribution in [1.82, 2.24) is 0 Å². The van der Waals surface area contributed by atoms with Gasteiger partial charge >= 0.3 is 0 Å². The molecule has 0 fully saturated rings. The van der Waals surface area contributed by atoms with Crippen LogP contribution in [0.15, 0.2) is 60.0 Å². The molecule has 7 heteroatoms. The molecule has 0 amide bonds. The van der Waals surface area contributed by atoms with E-state index in [1.54, 1.807) is 11.2 Å². The molecule has 0 N–H and O–H groups in total. The molecule has 1 heterocycles. The van der Waals surface area contributed by atoms with E-state index >= 15 is 0 Å². The molecule has 0 aliphatic carbocycles. The molecular formula is C17H21N3O3S. The van der Waals surface area contributed by atoms with Gasteiger partial charge in [-0.2, -0.15) is 5.10 Å². The molecule has 2 rings (SSSR count). The van der Waals surface area contributed by atoms with Crippen molar-refractivity contribution in [2.75, 3.05) is 17.8 Å². The summed E-state index contributed by atoms with van der Waals surface area (Å²) in [5.74, 6) is -0.309. The van der Waals surface area contributed by atoms with E-state index in [4.69, 9.17) is 0 Å². The minimum Gasteiger partial charge on any atom is -0.748 e. The number of hydrazone groups is 1. The number of aromatic nitrogens is 1. The van der Waals surface area contributed by atoms with Gasteiger partial charge in [0.15, 0.2) is 12.4 Å². The highest BCUT2D eigenvalue weighted by atomic mass is 32.2. The fourth-order valence-electron chi connectivity index (χ4n) is 2.19. The number of anilines is 1. The SMILES string of the molecule is CN(/N=C/c1ccc[n+](CCCCS(=O)(=O)[O-])c1)c1ccccc1. The average Bonchev–Trinajstić information content (AvgIpc) is 2.57. The molecule has 1 aromatic heterocycles. The van der Waals surface area contributed by atoms with Gasteiger partial charge in [-0.3, -0.25) is 5.01 Å². The summed E-state index contributed by atoms with van der Waals surface area (Å²) in [4.78, 5) is 0. The number of unbranched alkanes of at least 4 members (excludes halogenated alkanes) is 1. The Morgan fingerprint density at radius 3 is 2.62 bits per heavy atom. The van der Waals surface area contributed by atoms with Crippen LogP contribution in [-0.4, -0.2) is 32.0 Å². The number of pyridine rings is 1. The molecule has 0 spiro atoms. The number of rotatable bonds is 8. The van der Waals surface area contributed by atoms with Gasteiger partial charge < -0.3 is 4.55 Å².